The molecular weight excluding hydrogens is 298 g/mol. The van der Waals surface area contributed by atoms with Crippen molar-refractivity contribution in [1.29, 1.82) is 0 Å². The van der Waals surface area contributed by atoms with Crippen molar-refractivity contribution in [3.05, 3.63) is 47.5 Å². The number of aromatic amines is 1. The van der Waals surface area contributed by atoms with E-state index in [-0.39, 0.29) is 5.41 Å². The topological polar surface area (TPSA) is 56.8 Å². The van der Waals surface area contributed by atoms with Crippen LogP contribution in [0.25, 0.3) is 0 Å². The number of rotatable bonds is 5. The second-order valence-corrected chi connectivity index (χ2v) is 7.81. The lowest BCUT2D eigenvalue weighted by Gasteiger charge is -2.32. The Morgan fingerprint density at radius 2 is 1.92 bits per heavy atom. The van der Waals surface area contributed by atoms with Crippen molar-refractivity contribution in [3.63, 3.8) is 0 Å². The van der Waals surface area contributed by atoms with Gasteiger partial charge in [-0.25, -0.2) is 0 Å². The summed E-state index contributed by atoms with van der Waals surface area (Å²) in [6.07, 6.45) is 8.12. The highest BCUT2D eigenvalue weighted by Gasteiger charge is 2.22. The molecule has 130 valence electrons. The average Bonchev–Trinajstić information content (AvgIpc) is 3.04. The Morgan fingerprint density at radius 1 is 1.21 bits per heavy atom. The van der Waals surface area contributed by atoms with Crippen molar-refractivity contribution in [1.82, 2.24) is 25.4 Å². The quantitative estimate of drug-likeness (QED) is 0.886. The lowest BCUT2D eigenvalue weighted by atomic mass is 9.89. The summed E-state index contributed by atoms with van der Waals surface area (Å²) < 4.78 is 0. The zero-order chi connectivity index (χ0) is 17.0. The Labute approximate surface area is 144 Å². The van der Waals surface area contributed by atoms with Crippen molar-refractivity contribution >= 4 is 0 Å². The zero-order valence-corrected chi connectivity index (χ0v) is 15.0. The molecule has 1 saturated heterocycles. The Morgan fingerprint density at radius 3 is 2.58 bits per heavy atom. The van der Waals surface area contributed by atoms with E-state index in [0.29, 0.717) is 6.04 Å². The average molecular weight is 327 g/mol. The van der Waals surface area contributed by atoms with E-state index in [9.17, 15) is 0 Å². The monoisotopic (exact) mass is 327 g/mol. The van der Waals surface area contributed by atoms with Crippen LogP contribution >= 0.6 is 0 Å². The van der Waals surface area contributed by atoms with Crippen LogP contribution in [0.5, 0.6) is 0 Å². The second-order valence-electron chi connectivity index (χ2n) is 7.81. The van der Waals surface area contributed by atoms with E-state index in [4.69, 9.17) is 0 Å². The van der Waals surface area contributed by atoms with Crippen molar-refractivity contribution < 1.29 is 0 Å². The fourth-order valence-corrected chi connectivity index (χ4v) is 3.39. The molecule has 5 nitrogen and oxygen atoms in total. The third kappa shape index (κ3) is 4.42. The van der Waals surface area contributed by atoms with Crippen LogP contribution in [0.3, 0.4) is 0 Å². The van der Waals surface area contributed by atoms with Crippen LogP contribution in [0.4, 0.5) is 0 Å². The lowest BCUT2D eigenvalue weighted by molar-refractivity contribution is 0.190. The summed E-state index contributed by atoms with van der Waals surface area (Å²) in [6, 6.07) is 4.82. The number of nitrogens with zero attached hydrogens (tertiary/aromatic N) is 3. The van der Waals surface area contributed by atoms with Crippen LogP contribution in [0.1, 0.15) is 50.4 Å². The molecule has 5 heteroatoms. The molecule has 24 heavy (non-hydrogen) atoms. The number of H-pyrrole nitrogens is 1. The van der Waals surface area contributed by atoms with E-state index in [1.54, 1.807) is 0 Å². The molecule has 1 fully saturated rings. The predicted octanol–water partition coefficient (Wildman–Crippen LogP) is 2.86. The molecule has 3 heterocycles. The predicted molar refractivity (Wildman–Crippen MR) is 96.7 cm³/mol. The van der Waals surface area contributed by atoms with E-state index in [2.05, 4.69) is 58.3 Å². The molecule has 1 aliphatic rings. The molecule has 0 aliphatic carbocycles. The largest absolute Gasteiger partial charge is 0.310 e. The number of likely N-dealkylation sites (tertiary alicyclic amines) is 1. The van der Waals surface area contributed by atoms with Gasteiger partial charge >= 0.3 is 0 Å². The smallest absolute Gasteiger partial charge is 0.0535 e. The van der Waals surface area contributed by atoms with Gasteiger partial charge < -0.3 is 5.32 Å². The molecule has 0 amide bonds. The molecular formula is C19H29N5. The normalized spacial score (nSPS) is 17.3. The van der Waals surface area contributed by atoms with Crippen LogP contribution < -0.4 is 5.32 Å². The molecule has 1 aliphatic heterocycles. The molecule has 0 spiro atoms. The third-order valence-electron chi connectivity index (χ3n) is 4.79. The Kier molecular flexibility index (Phi) is 5.31. The van der Waals surface area contributed by atoms with Gasteiger partial charge in [-0.3, -0.25) is 15.0 Å². The van der Waals surface area contributed by atoms with Crippen LogP contribution in [0, 0.1) is 0 Å². The van der Waals surface area contributed by atoms with Gasteiger partial charge in [0.25, 0.3) is 0 Å². The fraction of sp³-hybridized carbons (Fsp3) is 0.579. The highest BCUT2D eigenvalue weighted by Crippen LogP contribution is 2.23. The van der Waals surface area contributed by atoms with E-state index >= 15 is 0 Å². The molecule has 3 rings (SSSR count). The highest BCUT2D eigenvalue weighted by atomic mass is 15.1. The SMILES string of the molecule is CC(C)(C)c1[nH]ncc1CNC1CCN(Cc2ccncc2)CC1. The number of hydrogen-bond donors (Lipinski definition) is 2. The summed E-state index contributed by atoms with van der Waals surface area (Å²) in [7, 11) is 0. The first-order valence-corrected chi connectivity index (χ1v) is 8.90. The van der Waals surface area contributed by atoms with Crippen molar-refractivity contribution in [2.45, 2.75) is 58.2 Å². The molecule has 2 aromatic rings. The van der Waals surface area contributed by atoms with Gasteiger partial charge in [0.1, 0.15) is 0 Å². The molecule has 0 aromatic carbocycles. The number of aromatic nitrogens is 3. The van der Waals surface area contributed by atoms with Crippen LogP contribution in [0.2, 0.25) is 0 Å². The maximum Gasteiger partial charge on any atom is 0.0535 e. The molecule has 0 saturated carbocycles. The van der Waals surface area contributed by atoms with Crippen molar-refractivity contribution in [3.8, 4) is 0 Å². The number of nitrogens with one attached hydrogen (secondary N) is 2. The summed E-state index contributed by atoms with van der Waals surface area (Å²) in [5, 5.41) is 11.1. The summed E-state index contributed by atoms with van der Waals surface area (Å²) in [6.45, 7) is 10.9. The fourth-order valence-electron chi connectivity index (χ4n) is 3.39. The van der Waals surface area contributed by atoms with Gasteiger partial charge in [-0.05, 0) is 43.6 Å². The number of piperidine rings is 1. The minimum absolute atomic E-state index is 0.113. The van der Waals surface area contributed by atoms with Crippen molar-refractivity contribution in [2.24, 2.45) is 0 Å². The van der Waals surface area contributed by atoms with Crippen LogP contribution in [-0.4, -0.2) is 39.2 Å². The Bertz CT molecular complexity index is 621. The summed E-state index contributed by atoms with van der Waals surface area (Å²) in [5.41, 5.74) is 4.00. The van der Waals surface area contributed by atoms with Gasteiger partial charge in [-0.1, -0.05) is 20.8 Å². The summed E-state index contributed by atoms with van der Waals surface area (Å²) in [4.78, 5) is 6.62. The van der Waals surface area contributed by atoms with Gasteiger partial charge in [0.15, 0.2) is 0 Å². The first-order valence-electron chi connectivity index (χ1n) is 8.90. The van der Waals surface area contributed by atoms with Gasteiger partial charge in [0.2, 0.25) is 0 Å². The lowest BCUT2D eigenvalue weighted by Crippen LogP contribution is -2.42. The van der Waals surface area contributed by atoms with Crippen LogP contribution in [-0.2, 0) is 18.5 Å². The maximum absolute atomic E-state index is 4.23. The van der Waals surface area contributed by atoms with Gasteiger partial charge in [0, 0.05) is 48.2 Å². The third-order valence-corrected chi connectivity index (χ3v) is 4.79. The van der Waals surface area contributed by atoms with E-state index < -0.39 is 0 Å². The standard InChI is InChI=1S/C19H29N5/c1-19(2,3)18-16(13-22-23-18)12-21-17-6-10-24(11-7-17)14-15-4-8-20-9-5-15/h4-5,8-9,13,17,21H,6-7,10-12,14H2,1-3H3,(H,22,23). The molecule has 0 unspecified atom stereocenters. The molecule has 0 radical (unpaired) electrons. The summed E-state index contributed by atoms with van der Waals surface area (Å²) in [5.74, 6) is 0. The zero-order valence-electron chi connectivity index (χ0n) is 15.0. The first kappa shape index (κ1) is 17.1. The second kappa shape index (κ2) is 7.45. The number of hydrogen-bond acceptors (Lipinski definition) is 4. The van der Waals surface area contributed by atoms with Gasteiger partial charge in [0.05, 0.1) is 6.20 Å². The van der Waals surface area contributed by atoms with E-state index in [0.717, 1.165) is 26.2 Å². The van der Waals surface area contributed by atoms with Crippen LogP contribution in [0.15, 0.2) is 30.7 Å². The van der Waals surface area contributed by atoms with Gasteiger partial charge in [-0.15, -0.1) is 0 Å². The minimum Gasteiger partial charge on any atom is -0.310 e. The molecule has 0 bridgehead atoms. The van der Waals surface area contributed by atoms with E-state index in [1.807, 2.05) is 18.6 Å². The molecule has 0 atom stereocenters. The highest BCUT2D eigenvalue weighted by molar-refractivity contribution is 5.23. The van der Waals surface area contributed by atoms with Gasteiger partial charge in [-0.2, -0.15) is 5.10 Å². The van der Waals surface area contributed by atoms with E-state index in [1.165, 1.54) is 29.7 Å². The molecule has 2 N–H and O–H groups in total. The van der Waals surface area contributed by atoms with Crippen molar-refractivity contribution in [2.75, 3.05) is 13.1 Å². The first-order chi connectivity index (χ1) is 11.5. The maximum atomic E-state index is 4.23. The summed E-state index contributed by atoms with van der Waals surface area (Å²) >= 11 is 0. The minimum atomic E-state index is 0.113. The number of pyridine rings is 1. The molecule has 2 aromatic heterocycles. The Hall–Kier alpha value is -1.72. The Balaban J connectivity index is 1.45.